The van der Waals surface area contributed by atoms with Gasteiger partial charge in [-0.15, -0.1) is 0 Å². The maximum Gasteiger partial charge on any atom is 0.256 e. The second kappa shape index (κ2) is 6.84. The van der Waals surface area contributed by atoms with E-state index in [4.69, 9.17) is 4.52 Å². The van der Waals surface area contributed by atoms with E-state index in [1.807, 2.05) is 31.2 Å². The summed E-state index contributed by atoms with van der Waals surface area (Å²) in [7, 11) is 1.78. The number of pyridine rings is 1. The minimum atomic E-state index is 0.0754. The molecule has 0 unspecified atom stereocenters. The molecule has 0 saturated carbocycles. The summed E-state index contributed by atoms with van der Waals surface area (Å²) in [4.78, 5) is 23.7. The average Bonchev–Trinajstić information content (AvgIpc) is 3.03. The molecule has 0 aromatic carbocycles. The van der Waals surface area contributed by atoms with Crippen LogP contribution in [0.15, 0.2) is 39.8 Å². The Morgan fingerprint density at radius 3 is 2.85 bits per heavy atom. The lowest BCUT2D eigenvalue weighted by Gasteiger charge is -2.17. The Morgan fingerprint density at radius 2 is 2.04 bits per heavy atom. The molecular weight excluding hydrogens is 330 g/mol. The maximum absolute atomic E-state index is 12.5. The van der Waals surface area contributed by atoms with Gasteiger partial charge in [-0.25, -0.2) is 4.98 Å². The van der Waals surface area contributed by atoms with Crippen molar-refractivity contribution in [1.82, 2.24) is 24.6 Å². The van der Waals surface area contributed by atoms with Crippen molar-refractivity contribution in [1.29, 1.82) is 0 Å². The second-order valence-corrected chi connectivity index (χ2v) is 6.62. The number of aromatic nitrogens is 4. The SMILES string of the molecule is Cc1nc2c(c(=O)n1C)CCN(Cc1cc(-c3ccccn3)no1)CC2. The van der Waals surface area contributed by atoms with Gasteiger partial charge in [-0.1, -0.05) is 11.2 Å². The first-order chi connectivity index (χ1) is 12.6. The van der Waals surface area contributed by atoms with E-state index in [0.717, 1.165) is 53.7 Å². The topological polar surface area (TPSA) is 77.1 Å². The van der Waals surface area contributed by atoms with E-state index >= 15 is 0 Å². The summed E-state index contributed by atoms with van der Waals surface area (Å²) in [5.41, 5.74) is 3.39. The number of hydrogen-bond acceptors (Lipinski definition) is 6. The fraction of sp³-hybridized carbons (Fsp3) is 0.368. The van der Waals surface area contributed by atoms with Gasteiger partial charge in [-0.05, 0) is 25.5 Å². The van der Waals surface area contributed by atoms with Gasteiger partial charge >= 0.3 is 0 Å². The highest BCUT2D eigenvalue weighted by Crippen LogP contribution is 2.19. The lowest BCUT2D eigenvalue weighted by atomic mass is 10.1. The summed E-state index contributed by atoms with van der Waals surface area (Å²) < 4.78 is 7.12. The molecule has 0 spiro atoms. The Morgan fingerprint density at radius 1 is 1.19 bits per heavy atom. The molecule has 1 aliphatic rings. The van der Waals surface area contributed by atoms with Crippen LogP contribution in [0.3, 0.4) is 0 Å². The lowest BCUT2D eigenvalue weighted by molar-refractivity contribution is 0.240. The Balaban J connectivity index is 1.49. The van der Waals surface area contributed by atoms with Crippen LogP contribution in [0.25, 0.3) is 11.4 Å². The molecule has 3 aromatic heterocycles. The Hall–Kier alpha value is -2.80. The largest absolute Gasteiger partial charge is 0.359 e. The van der Waals surface area contributed by atoms with Crippen LogP contribution in [0.4, 0.5) is 0 Å². The zero-order valence-corrected chi connectivity index (χ0v) is 15.0. The summed E-state index contributed by atoms with van der Waals surface area (Å²) in [6.07, 6.45) is 3.22. The lowest BCUT2D eigenvalue weighted by Crippen LogP contribution is -2.27. The molecule has 26 heavy (non-hydrogen) atoms. The smallest absolute Gasteiger partial charge is 0.256 e. The normalized spacial score (nSPS) is 14.8. The Kier molecular flexibility index (Phi) is 4.38. The monoisotopic (exact) mass is 351 g/mol. The van der Waals surface area contributed by atoms with Gasteiger partial charge in [0.05, 0.1) is 17.9 Å². The van der Waals surface area contributed by atoms with Crippen LogP contribution >= 0.6 is 0 Å². The zero-order chi connectivity index (χ0) is 18.1. The summed E-state index contributed by atoms with van der Waals surface area (Å²) >= 11 is 0. The molecule has 134 valence electrons. The van der Waals surface area contributed by atoms with Crippen LogP contribution in [0, 0.1) is 6.92 Å². The molecule has 7 heteroatoms. The standard InChI is InChI=1S/C19H21N5O2/c1-13-21-16-7-10-24(9-6-15(16)19(25)23(13)2)12-14-11-18(22-26-14)17-5-3-4-8-20-17/h3-5,8,11H,6-7,9-10,12H2,1-2H3. The minimum Gasteiger partial charge on any atom is -0.359 e. The van der Waals surface area contributed by atoms with E-state index in [9.17, 15) is 4.79 Å². The van der Waals surface area contributed by atoms with Gasteiger partial charge in [0.2, 0.25) is 0 Å². The average molecular weight is 351 g/mol. The maximum atomic E-state index is 12.5. The van der Waals surface area contributed by atoms with Crippen LogP contribution in [-0.4, -0.2) is 37.7 Å². The van der Waals surface area contributed by atoms with Crippen molar-refractivity contribution in [3.05, 3.63) is 63.7 Å². The first-order valence-electron chi connectivity index (χ1n) is 8.76. The van der Waals surface area contributed by atoms with E-state index in [1.54, 1.807) is 17.8 Å². The highest BCUT2D eigenvalue weighted by Gasteiger charge is 2.20. The van der Waals surface area contributed by atoms with Crippen molar-refractivity contribution in [2.75, 3.05) is 13.1 Å². The molecule has 7 nitrogen and oxygen atoms in total. The number of nitrogens with zero attached hydrogens (tertiary/aromatic N) is 5. The van der Waals surface area contributed by atoms with Crippen molar-refractivity contribution in [2.24, 2.45) is 7.05 Å². The molecule has 0 atom stereocenters. The van der Waals surface area contributed by atoms with E-state index in [1.165, 1.54) is 0 Å². The third-order valence-corrected chi connectivity index (χ3v) is 4.90. The van der Waals surface area contributed by atoms with Gasteiger partial charge in [-0.3, -0.25) is 19.2 Å². The van der Waals surface area contributed by atoms with Crippen LogP contribution in [0.2, 0.25) is 0 Å². The van der Waals surface area contributed by atoms with Crippen molar-refractivity contribution in [3.8, 4) is 11.4 Å². The third kappa shape index (κ3) is 3.17. The van der Waals surface area contributed by atoms with Crippen molar-refractivity contribution < 1.29 is 4.52 Å². The zero-order valence-electron chi connectivity index (χ0n) is 15.0. The van der Waals surface area contributed by atoms with E-state index < -0.39 is 0 Å². The Labute approximate surface area is 151 Å². The fourth-order valence-corrected chi connectivity index (χ4v) is 3.32. The molecule has 4 rings (SSSR count). The van der Waals surface area contributed by atoms with E-state index in [-0.39, 0.29) is 5.56 Å². The molecule has 0 amide bonds. The van der Waals surface area contributed by atoms with Crippen molar-refractivity contribution in [3.63, 3.8) is 0 Å². The van der Waals surface area contributed by atoms with Gasteiger partial charge in [0.15, 0.2) is 5.76 Å². The Bertz CT molecular complexity index is 977. The van der Waals surface area contributed by atoms with Gasteiger partial charge in [-0.2, -0.15) is 0 Å². The molecule has 1 aliphatic heterocycles. The molecular formula is C19H21N5O2. The van der Waals surface area contributed by atoms with Crippen LogP contribution < -0.4 is 5.56 Å². The van der Waals surface area contributed by atoms with Gasteiger partial charge < -0.3 is 4.52 Å². The fourth-order valence-electron chi connectivity index (χ4n) is 3.32. The third-order valence-electron chi connectivity index (χ3n) is 4.90. The van der Waals surface area contributed by atoms with Gasteiger partial charge in [0.1, 0.15) is 11.5 Å². The molecule has 0 saturated heterocycles. The molecule has 3 aromatic rings. The second-order valence-electron chi connectivity index (χ2n) is 6.62. The molecule has 0 fully saturated rings. The van der Waals surface area contributed by atoms with Crippen LogP contribution in [0.5, 0.6) is 0 Å². The summed E-state index contributed by atoms with van der Waals surface area (Å²) in [5, 5.41) is 4.12. The van der Waals surface area contributed by atoms with Crippen molar-refractivity contribution in [2.45, 2.75) is 26.3 Å². The number of aryl methyl sites for hydroxylation is 1. The predicted octanol–water partition coefficient (Wildman–Crippen LogP) is 1.74. The summed E-state index contributed by atoms with van der Waals surface area (Å²) in [5.74, 6) is 1.56. The molecule has 0 N–H and O–H groups in total. The van der Waals surface area contributed by atoms with Crippen molar-refractivity contribution >= 4 is 0 Å². The summed E-state index contributed by atoms with van der Waals surface area (Å²) in [6, 6.07) is 7.65. The first kappa shape index (κ1) is 16.7. The van der Waals surface area contributed by atoms with Crippen LogP contribution in [0.1, 0.15) is 22.8 Å². The number of rotatable bonds is 3. The summed E-state index contributed by atoms with van der Waals surface area (Å²) in [6.45, 7) is 4.17. The molecule has 0 radical (unpaired) electrons. The number of fused-ring (bicyclic) bond motifs is 1. The predicted molar refractivity (Wildman–Crippen MR) is 96.6 cm³/mol. The molecule has 0 bridgehead atoms. The first-order valence-corrected chi connectivity index (χ1v) is 8.76. The number of hydrogen-bond donors (Lipinski definition) is 0. The van der Waals surface area contributed by atoms with Gasteiger partial charge in [0, 0.05) is 44.4 Å². The molecule has 0 aliphatic carbocycles. The molecule has 4 heterocycles. The highest BCUT2D eigenvalue weighted by atomic mass is 16.5. The quantitative estimate of drug-likeness (QED) is 0.715. The van der Waals surface area contributed by atoms with E-state index in [2.05, 4.69) is 20.0 Å². The van der Waals surface area contributed by atoms with Crippen LogP contribution in [-0.2, 0) is 26.4 Å². The van der Waals surface area contributed by atoms with E-state index in [0.29, 0.717) is 13.0 Å². The van der Waals surface area contributed by atoms with Gasteiger partial charge in [0.25, 0.3) is 5.56 Å². The highest BCUT2D eigenvalue weighted by molar-refractivity contribution is 5.52. The minimum absolute atomic E-state index is 0.0754.